The second-order valence-corrected chi connectivity index (χ2v) is 4.38. The van der Waals surface area contributed by atoms with Gasteiger partial charge in [0.25, 0.3) is 0 Å². The predicted octanol–water partition coefficient (Wildman–Crippen LogP) is 2.96. The quantitative estimate of drug-likeness (QED) is 0.788. The van der Waals surface area contributed by atoms with Crippen molar-refractivity contribution in [1.29, 1.82) is 0 Å². The summed E-state index contributed by atoms with van der Waals surface area (Å²) >= 11 is 0. The van der Waals surface area contributed by atoms with Crippen molar-refractivity contribution < 1.29 is 9.84 Å². The van der Waals surface area contributed by atoms with Crippen LogP contribution in [-0.4, -0.2) is 21.7 Å². The summed E-state index contributed by atoms with van der Waals surface area (Å²) in [5, 5.41) is 9.07. The van der Waals surface area contributed by atoms with Crippen molar-refractivity contribution in [2.45, 2.75) is 6.42 Å². The number of fused-ring (bicyclic) bond motifs is 1. The molecule has 2 aromatic carbocycles. The molecule has 100 valence electrons. The van der Waals surface area contributed by atoms with Crippen LogP contribution in [0.4, 0.5) is 0 Å². The third kappa shape index (κ3) is 2.60. The maximum absolute atomic E-state index is 9.07. The summed E-state index contributed by atoms with van der Waals surface area (Å²) in [5.74, 6) is 1.15. The molecule has 0 fully saturated rings. The molecule has 0 amide bonds. The molecule has 0 atom stereocenters. The van der Waals surface area contributed by atoms with E-state index in [1.54, 1.807) is 6.20 Å². The normalized spacial score (nSPS) is 10.7. The van der Waals surface area contributed by atoms with E-state index in [1.165, 1.54) is 0 Å². The number of benzene rings is 2. The van der Waals surface area contributed by atoms with Gasteiger partial charge in [-0.1, -0.05) is 30.3 Å². The van der Waals surface area contributed by atoms with Crippen LogP contribution in [0, 0.1) is 0 Å². The van der Waals surface area contributed by atoms with E-state index in [0.29, 0.717) is 18.1 Å². The zero-order valence-corrected chi connectivity index (χ0v) is 10.9. The Labute approximate surface area is 116 Å². The Morgan fingerprint density at radius 3 is 2.55 bits per heavy atom. The van der Waals surface area contributed by atoms with Crippen LogP contribution in [0.1, 0.15) is 5.56 Å². The molecule has 0 saturated heterocycles. The van der Waals surface area contributed by atoms with Crippen LogP contribution in [0.2, 0.25) is 0 Å². The Morgan fingerprint density at radius 1 is 0.950 bits per heavy atom. The molecule has 0 radical (unpaired) electrons. The zero-order valence-electron chi connectivity index (χ0n) is 10.9. The van der Waals surface area contributed by atoms with Crippen LogP contribution < -0.4 is 4.74 Å². The maximum atomic E-state index is 9.07. The van der Waals surface area contributed by atoms with E-state index in [1.807, 2.05) is 48.5 Å². The van der Waals surface area contributed by atoms with Crippen LogP contribution in [0.25, 0.3) is 11.0 Å². The van der Waals surface area contributed by atoms with Gasteiger partial charge in [-0.15, -0.1) is 0 Å². The Balaban J connectivity index is 1.93. The van der Waals surface area contributed by atoms with E-state index < -0.39 is 0 Å². The van der Waals surface area contributed by atoms with Gasteiger partial charge in [0.1, 0.15) is 5.75 Å². The summed E-state index contributed by atoms with van der Waals surface area (Å²) < 4.78 is 5.79. The van der Waals surface area contributed by atoms with Crippen molar-refractivity contribution in [3.63, 3.8) is 0 Å². The van der Waals surface area contributed by atoms with Gasteiger partial charge in [-0.2, -0.15) is 0 Å². The lowest BCUT2D eigenvalue weighted by molar-refractivity contribution is 0.297. The van der Waals surface area contributed by atoms with E-state index in [0.717, 1.165) is 16.6 Å². The first-order valence-electron chi connectivity index (χ1n) is 6.45. The van der Waals surface area contributed by atoms with Crippen molar-refractivity contribution in [2.75, 3.05) is 6.61 Å². The topological polar surface area (TPSA) is 55.2 Å². The molecule has 0 unspecified atom stereocenters. The average Bonchev–Trinajstić information content (AvgIpc) is 2.49. The van der Waals surface area contributed by atoms with Gasteiger partial charge in [-0.3, -0.25) is 0 Å². The second kappa shape index (κ2) is 5.67. The highest BCUT2D eigenvalue weighted by atomic mass is 16.5. The minimum atomic E-state index is 0.0871. The van der Waals surface area contributed by atoms with E-state index in [-0.39, 0.29) is 6.61 Å². The summed E-state index contributed by atoms with van der Waals surface area (Å²) in [5.41, 5.74) is 2.58. The number of para-hydroxylation sites is 3. The number of hydrogen-bond donors (Lipinski definition) is 1. The molecule has 1 N–H and O–H groups in total. The van der Waals surface area contributed by atoms with Crippen LogP contribution in [0.15, 0.2) is 54.7 Å². The third-order valence-corrected chi connectivity index (χ3v) is 2.99. The number of ether oxygens (including phenoxy) is 1. The second-order valence-electron chi connectivity index (χ2n) is 4.38. The molecule has 0 aliphatic rings. The SMILES string of the molecule is OCCc1ccccc1Oc1cnc2ccccc2n1. The van der Waals surface area contributed by atoms with Crippen molar-refractivity contribution >= 4 is 11.0 Å². The Bertz CT molecular complexity index is 728. The standard InChI is InChI=1S/C16H14N2O2/c19-10-9-12-5-1-4-8-15(12)20-16-11-17-13-6-2-3-7-14(13)18-16/h1-8,11,19H,9-10H2. The lowest BCUT2D eigenvalue weighted by Crippen LogP contribution is -1.97. The van der Waals surface area contributed by atoms with E-state index >= 15 is 0 Å². The highest BCUT2D eigenvalue weighted by Crippen LogP contribution is 2.24. The minimum absolute atomic E-state index is 0.0871. The lowest BCUT2D eigenvalue weighted by Gasteiger charge is -2.09. The summed E-state index contributed by atoms with van der Waals surface area (Å²) in [6, 6.07) is 15.3. The number of nitrogens with zero attached hydrogens (tertiary/aromatic N) is 2. The van der Waals surface area contributed by atoms with Crippen molar-refractivity contribution in [1.82, 2.24) is 9.97 Å². The van der Waals surface area contributed by atoms with E-state index in [4.69, 9.17) is 9.84 Å². The first-order valence-corrected chi connectivity index (χ1v) is 6.45. The van der Waals surface area contributed by atoms with Crippen LogP contribution in [-0.2, 0) is 6.42 Å². The van der Waals surface area contributed by atoms with Crippen LogP contribution in [0.5, 0.6) is 11.6 Å². The smallest absolute Gasteiger partial charge is 0.238 e. The van der Waals surface area contributed by atoms with Crippen LogP contribution in [0.3, 0.4) is 0 Å². The lowest BCUT2D eigenvalue weighted by atomic mass is 10.1. The highest BCUT2D eigenvalue weighted by Gasteiger charge is 2.06. The Morgan fingerprint density at radius 2 is 1.70 bits per heavy atom. The minimum Gasteiger partial charge on any atom is -0.437 e. The highest BCUT2D eigenvalue weighted by molar-refractivity contribution is 5.74. The van der Waals surface area contributed by atoms with Gasteiger partial charge in [-0.05, 0) is 30.2 Å². The van der Waals surface area contributed by atoms with Gasteiger partial charge in [-0.25, -0.2) is 9.97 Å². The van der Waals surface area contributed by atoms with Gasteiger partial charge in [0.05, 0.1) is 17.2 Å². The van der Waals surface area contributed by atoms with E-state index in [9.17, 15) is 0 Å². The molecule has 0 aliphatic heterocycles. The van der Waals surface area contributed by atoms with Crippen LogP contribution >= 0.6 is 0 Å². The van der Waals surface area contributed by atoms with Gasteiger partial charge in [0, 0.05) is 6.61 Å². The molecule has 0 saturated carbocycles. The summed E-state index contributed by atoms with van der Waals surface area (Å²) in [7, 11) is 0. The number of aliphatic hydroxyl groups excluding tert-OH is 1. The summed E-state index contributed by atoms with van der Waals surface area (Å²) in [4.78, 5) is 8.74. The monoisotopic (exact) mass is 266 g/mol. The van der Waals surface area contributed by atoms with Gasteiger partial charge < -0.3 is 9.84 Å². The molecule has 0 bridgehead atoms. The first-order chi connectivity index (χ1) is 9.86. The van der Waals surface area contributed by atoms with Gasteiger partial charge >= 0.3 is 0 Å². The van der Waals surface area contributed by atoms with E-state index in [2.05, 4.69) is 9.97 Å². The first kappa shape index (κ1) is 12.6. The molecule has 1 aromatic heterocycles. The molecule has 0 aliphatic carbocycles. The Hall–Kier alpha value is -2.46. The molecule has 1 heterocycles. The fourth-order valence-electron chi connectivity index (χ4n) is 2.03. The molecular formula is C16H14N2O2. The average molecular weight is 266 g/mol. The predicted molar refractivity (Wildman–Crippen MR) is 76.8 cm³/mol. The number of rotatable bonds is 4. The maximum Gasteiger partial charge on any atom is 0.238 e. The molecule has 3 aromatic rings. The third-order valence-electron chi connectivity index (χ3n) is 2.99. The van der Waals surface area contributed by atoms with Crippen molar-refractivity contribution in [2.24, 2.45) is 0 Å². The summed E-state index contributed by atoms with van der Waals surface area (Å²) in [6.07, 6.45) is 2.16. The molecule has 3 rings (SSSR count). The Kier molecular flexibility index (Phi) is 3.56. The fourth-order valence-corrected chi connectivity index (χ4v) is 2.03. The largest absolute Gasteiger partial charge is 0.437 e. The molecule has 20 heavy (non-hydrogen) atoms. The molecular weight excluding hydrogens is 252 g/mol. The number of aromatic nitrogens is 2. The molecule has 0 spiro atoms. The molecule has 4 nitrogen and oxygen atoms in total. The van der Waals surface area contributed by atoms with Crippen molar-refractivity contribution in [3.05, 3.63) is 60.3 Å². The number of aliphatic hydroxyl groups is 1. The van der Waals surface area contributed by atoms with Crippen molar-refractivity contribution in [3.8, 4) is 11.6 Å². The summed E-state index contributed by atoms with van der Waals surface area (Å²) in [6.45, 7) is 0.0871. The zero-order chi connectivity index (χ0) is 13.8. The van der Waals surface area contributed by atoms with Gasteiger partial charge in [0.15, 0.2) is 0 Å². The molecule has 4 heteroatoms. The fraction of sp³-hybridized carbons (Fsp3) is 0.125. The van der Waals surface area contributed by atoms with Gasteiger partial charge in [0.2, 0.25) is 5.88 Å². The number of hydrogen-bond acceptors (Lipinski definition) is 4.